The Morgan fingerprint density at radius 1 is 1.21 bits per heavy atom. The summed E-state index contributed by atoms with van der Waals surface area (Å²) in [6.07, 6.45) is 3.20. The molecule has 1 heterocycles. The lowest BCUT2D eigenvalue weighted by Crippen LogP contribution is -2.45. The van der Waals surface area contributed by atoms with Crippen LogP contribution in [-0.4, -0.2) is 34.3 Å². The first kappa shape index (κ1) is 21.0. The molecule has 0 radical (unpaired) electrons. The highest BCUT2D eigenvalue weighted by Crippen LogP contribution is 2.29. The second kappa shape index (κ2) is 8.76. The van der Waals surface area contributed by atoms with Gasteiger partial charge >= 0.3 is 5.97 Å². The number of carbonyl (C=O) groups is 2. The molecular formula is C22H29N3O4. The zero-order valence-electron chi connectivity index (χ0n) is 17.5. The number of hydrogen-bond donors (Lipinski definition) is 1. The summed E-state index contributed by atoms with van der Waals surface area (Å²) in [5.41, 5.74) is -0.216. The van der Waals surface area contributed by atoms with Crippen molar-refractivity contribution in [3.05, 3.63) is 40.3 Å². The van der Waals surface area contributed by atoms with Gasteiger partial charge in [-0.1, -0.05) is 44.9 Å². The van der Waals surface area contributed by atoms with Crippen LogP contribution in [0.2, 0.25) is 0 Å². The van der Waals surface area contributed by atoms with Crippen LogP contribution >= 0.6 is 0 Å². The van der Waals surface area contributed by atoms with Gasteiger partial charge in [0.05, 0.1) is 11.4 Å². The second-order valence-electron chi connectivity index (χ2n) is 8.26. The summed E-state index contributed by atoms with van der Waals surface area (Å²) < 4.78 is 6.52. The SMILES string of the molecule is CC(C)n1nc(C(=O)OCC(=O)N[C@@H]2CCC[C@@H](C)[C@H]2C)c2ccccc2c1=O. The third-order valence-electron chi connectivity index (χ3n) is 5.90. The highest BCUT2D eigenvalue weighted by atomic mass is 16.5. The summed E-state index contributed by atoms with van der Waals surface area (Å²) in [5, 5.41) is 8.03. The average Bonchev–Trinajstić information content (AvgIpc) is 2.70. The van der Waals surface area contributed by atoms with Crippen molar-refractivity contribution in [3.63, 3.8) is 0 Å². The molecule has 1 N–H and O–H groups in total. The summed E-state index contributed by atoms with van der Waals surface area (Å²) in [6.45, 7) is 7.61. The minimum absolute atomic E-state index is 0.0429. The molecule has 1 aliphatic carbocycles. The van der Waals surface area contributed by atoms with E-state index in [0.29, 0.717) is 22.6 Å². The molecule has 3 rings (SSSR count). The minimum atomic E-state index is -0.712. The van der Waals surface area contributed by atoms with Crippen molar-refractivity contribution in [1.29, 1.82) is 0 Å². The zero-order chi connectivity index (χ0) is 21.1. The number of nitrogens with one attached hydrogen (secondary N) is 1. The molecule has 1 saturated carbocycles. The Labute approximate surface area is 170 Å². The maximum Gasteiger partial charge on any atom is 0.359 e. The van der Waals surface area contributed by atoms with Gasteiger partial charge in [0.2, 0.25) is 0 Å². The topological polar surface area (TPSA) is 90.3 Å². The van der Waals surface area contributed by atoms with Gasteiger partial charge in [0, 0.05) is 11.4 Å². The molecule has 1 aromatic heterocycles. The Morgan fingerprint density at radius 2 is 1.90 bits per heavy atom. The van der Waals surface area contributed by atoms with Crippen LogP contribution in [0.1, 0.15) is 63.5 Å². The lowest BCUT2D eigenvalue weighted by molar-refractivity contribution is -0.125. The fraction of sp³-hybridized carbons (Fsp3) is 0.545. The molecule has 1 aromatic carbocycles. The Bertz CT molecular complexity index is 966. The number of aromatic nitrogens is 2. The minimum Gasteiger partial charge on any atom is -0.451 e. The van der Waals surface area contributed by atoms with Crippen LogP contribution in [-0.2, 0) is 9.53 Å². The molecule has 0 unspecified atom stereocenters. The van der Waals surface area contributed by atoms with E-state index in [-0.39, 0.29) is 35.9 Å². The van der Waals surface area contributed by atoms with Gasteiger partial charge in [0.25, 0.3) is 11.5 Å². The number of amides is 1. The standard InChI is InChI=1S/C22H29N3O4/c1-13(2)25-21(27)17-10-6-5-9-16(17)20(24-25)22(28)29-12-19(26)23-18-11-7-8-14(3)15(18)4/h5-6,9-10,13-15,18H,7-8,11-12H2,1-4H3,(H,23,26)/t14-,15-,18-/m1/s1. The molecule has 0 aliphatic heterocycles. The van der Waals surface area contributed by atoms with Gasteiger partial charge < -0.3 is 10.1 Å². The molecule has 3 atom stereocenters. The highest BCUT2D eigenvalue weighted by Gasteiger charge is 2.28. The molecule has 7 heteroatoms. The quantitative estimate of drug-likeness (QED) is 0.781. The van der Waals surface area contributed by atoms with Crippen LogP contribution in [0.15, 0.2) is 29.1 Å². The molecule has 1 amide bonds. The first-order chi connectivity index (χ1) is 13.8. The van der Waals surface area contributed by atoms with E-state index in [4.69, 9.17) is 4.74 Å². The summed E-state index contributed by atoms with van der Waals surface area (Å²) >= 11 is 0. The molecule has 0 saturated heterocycles. The van der Waals surface area contributed by atoms with Gasteiger partial charge in [-0.2, -0.15) is 5.10 Å². The van der Waals surface area contributed by atoms with Crippen LogP contribution in [0, 0.1) is 11.8 Å². The predicted octanol–water partition coefficient (Wildman–Crippen LogP) is 3.08. The largest absolute Gasteiger partial charge is 0.451 e. The van der Waals surface area contributed by atoms with Crippen LogP contribution in [0.3, 0.4) is 0 Å². The molecule has 156 valence electrons. The Balaban J connectivity index is 1.74. The zero-order valence-corrected chi connectivity index (χ0v) is 17.5. The predicted molar refractivity (Wildman–Crippen MR) is 111 cm³/mol. The van der Waals surface area contributed by atoms with Crippen LogP contribution in [0.25, 0.3) is 10.8 Å². The number of rotatable bonds is 5. The number of esters is 1. The van der Waals surface area contributed by atoms with E-state index < -0.39 is 5.97 Å². The van der Waals surface area contributed by atoms with Crippen molar-refractivity contribution in [2.24, 2.45) is 11.8 Å². The molecule has 1 fully saturated rings. The van der Waals surface area contributed by atoms with E-state index in [1.807, 2.05) is 13.8 Å². The van der Waals surface area contributed by atoms with Gasteiger partial charge in [-0.15, -0.1) is 0 Å². The van der Waals surface area contributed by atoms with Gasteiger partial charge in [-0.05, 0) is 38.2 Å². The first-order valence-electron chi connectivity index (χ1n) is 10.3. The van der Waals surface area contributed by atoms with E-state index in [1.165, 1.54) is 11.1 Å². The molecule has 29 heavy (non-hydrogen) atoms. The number of carbonyl (C=O) groups excluding carboxylic acids is 2. The van der Waals surface area contributed by atoms with Crippen molar-refractivity contribution in [2.75, 3.05) is 6.61 Å². The molecule has 7 nitrogen and oxygen atoms in total. The van der Waals surface area contributed by atoms with Crippen LogP contribution < -0.4 is 10.9 Å². The van der Waals surface area contributed by atoms with E-state index in [1.54, 1.807) is 24.3 Å². The highest BCUT2D eigenvalue weighted by molar-refractivity contribution is 6.02. The smallest absolute Gasteiger partial charge is 0.359 e. The number of nitrogens with zero attached hydrogens (tertiary/aromatic N) is 2. The maximum atomic E-state index is 12.7. The number of fused-ring (bicyclic) bond motifs is 1. The van der Waals surface area contributed by atoms with Gasteiger partial charge in [0.1, 0.15) is 0 Å². The van der Waals surface area contributed by atoms with Crippen molar-refractivity contribution in [2.45, 2.75) is 59.0 Å². The third kappa shape index (κ3) is 4.49. The monoisotopic (exact) mass is 399 g/mol. The maximum absolute atomic E-state index is 12.7. The normalized spacial score (nSPS) is 21.9. The van der Waals surface area contributed by atoms with Crippen LogP contribution in [0.4, 0.5) is 0 Å². The number of ether oxygens (including phenoxy) is 1. The molecule has 0 spiro atoms. The summed E-state index contributed by atoms with van der Waals surface area (Å²) in [4.78, 5) is 37.6. The molecule has 1 aliphatic rings. The Kier molecular flexibility index (Phi) is 6.35. The molecule has 2 aromatic rings. The lowest BCUT2D eigenvalue weighted by atomic mass is 9.78. The van der Waals surface area contributed by atoms with E-state index in [2.05, 4.69) is 24.3 Å². The van der Waals surface area contributed by atoms with E-state index in [0.717, 1.165) is 12.8 Å². The van der Waals surface area contributed by atoms with E-state index in [9.17, 15) is 14.4 Å². The molecular weight excluding hydrogens is 370 g/mol. The second-order valence-corrected chi connectivity index (χ2v) is 8.26. The summed E-state index contributed by atoms with van der Waals surface area (Å²) in [6, 6.07) is 6.69. The van der Waals surface area contributed by atoms with Gasteiger partial charge in [-0.25, -0.2) is 9.48 Å². The van der Waals surface area contributed by atoms with Crippen LogP contribution in [0.5, 0.6) is 0 Å². The summed E-state index contributed by atoms with van der Waals surface area (Å²) in [5.74, 6) is -0.0746. The van der Waals surface area contributed by atoms with Crippen molar-refractivity contribution >= 4 is 22.6 Å². The average molecular weight is 399 g/mol. The number of hydrogen-bond acceptors (Lipinski definition) is 5. The van der Waals surface area contributed by atoms with Gasteiger partial charge in [0.15, 0.2) is 12.3 Å². The molecule has 0 bridgehead atoms. The third-order valence-corrected chi connectivity index (χ3v) is 5.90. The Hall–Kier alpha value is -2.70. The van der Waals surface area contributed by atoms with Crippen molar-refractivity contribution < 1.29 is 14.3 Å². The fourth-order valence-electron chi connectivity index (χ4n) is 3.94. The van der Waals surface area contributed by atoms with Gasteiger partial charge in [-0.3, -0.25) is 9.59 Å². The number of benzene rings is 1. The Morgan fingerprint density at radius 3 is 2.59 bits per heavy atom. The summed E-state index contributed by atoms with van der Waals surface area (Å²) in [7, 11) is 0. The van der Waals surface area contributed by atoms with E-state index >= 15 is 0 Å². The lowest BCUT2D eigenvalue weighted by Gasteiger charge is -2.34. The first-order valence-corrected chi connectivity index (χ1v) is 10.3. The fourth-order valence-corrected chi connectivity index (χ4v) is 3.94. The van der Waals surface area contributed by atoms with Crippen molar-refractivity contribution in [1.82, 2.24) is 15.1 Å². The van der Waals surface area contributed by atoms with Crippen molar-refractivity contribution in [3.8, 4) is 0 Å².